The fourth-order valence-corrected chi connectivity index (χ4v) is 3.51. The molecule has 0 aromatic heterocycles. The fraction of sp³-hybridized carbons (Fsp3) is 0.263. The molecule has 2 aromatic carbocycles. The summed E-state index contributed by atoms with van der Waals surface area (Å²) in [6.45, 7) is 2.36. The minimum atomic E-state index is -0.596. The first-order valence-corrected chi connectivity index (χ1v) is 8.98. The van der Waals surface area contributed by atoms with E-state index in [1.165, 1.54) is 12.1 Å². The Bertz CT molecular complexity index is 873. The molecule has 136 valence electrons. The summed E-state index contributed by atoms with van der Waals surface area (Å²) >= 11 is 11.8. The van der Waals surface area contributed by atoms with Crippen LogP contribution in [0.2, 0.25) is 10.0 Å². The molecular weight excluding hydrogens is 378 g/mol. The van der Waals surface area contributed by atoms with Crippen molar-refractivity contribution in [1.29, 1.82) is 0 Å². The molecule has 2 aromatic rings. The van der Waals surface area contributed by atoms with Crippen molar-refractivity contribution in [3.63, 3.8) is 0 Å². The van der Waals surface area contributed by atoms with E-state index in [4.69, 9.17) is 23.2 Å². The molecule has 4 nitrogen and oxygen atoms in total. The van der Waals surface area contributed by atoms with E-state index in [-0.39, 0.29) is 21.9 Å². The number of halogens is 3. The van der Waals surface area contributed by atoms with E-state index in [2.05, 4.69) is 5.32 Å². The molecule has 1 fully saturated rings. The first-order valence-electron chi connectivity index (χ1n) is 8.22. The smallest absolute Gasteiger partial charge is 0.251 e. The van der Waals surface area contributed by atoms with Gasteiger partial charge in [-0.1, -0.05) is 29.3 Å². The molecule has 1 heterocycles. The van der Waals surface area contributed by atoms with E-state index < -0.39 is 11.9 Å². The highest BCUT2D eigenvalue weighted by molar-refractivity contribution is 6.35. The summed E-state index contributed by atoms with van der Waals surface area (Å²) in [6, 6.07) is 8.89. The summed E-state index contributed by atoms with van der Waals surface area (Å²) in [5, 5.41) is 3.00. The van der Waals surface area contributed by atoms with Gasteiger partial charge in [-0.15, -0.1) is 0 Å². The van der Waals surface area contributed by atoms with Crippen LogP contribution < -0.4 is 10.2 Å². The lowest BCUT2D eigenvalue weighted by Gasteiger charge is -2.18. The third-order valence-electron chi connectivity index (χ3n) is 4.35. The quantitative estimate of drug-likeness (QED) is 0.760. The van der Waals surface area contributed by atoms with Gasteiger partial charge in [-0.05, 0) is 49.2 Å². The third kappa shape index (κ3) is 3.84. The summed E-state index contributed by atoms with van der Waals surface area (Å²) in [5.74, 6) is -0.876. The van der Waals surface area contributed by atoms with Crippen molar-refractivity contribution in [3.05, 3.63) is 63.4 Å². The molecule has 3 rings (SSSR count). The highest BCUT2D eigenvalue weighted by Gasteiger charge is 2.23. The number of benzene rings is 2. The van der Waals surface area contributed by atoms with E-state index in [1.807, 2.05) is 0 Å². The van der Waals surface area contributed by atoms with Gasteiger partial charge in [0.25, 0.3) is 5.91 Å². The monoisotopic (exact) mass is 394 g/mol. The summed E-state index contributed by atoms with van der Waals surface area (Å²) in [7, 11) is 0. The summed E-state index contributed by atoms with van der Waals surface area (Å²) < 4.78 is 13.7. The molecular formula is C19H17Cl2FN2O2. The second-order valence-electron chi connectivity index (χ2n) is 6.18. The number of rotatable bonds is 4. The Morgan fingerprint density at radius 2 is 2.00 bits per heavy atom. The minimum absolute atomic E-state index is 0.0550. The lowest BCUT2D eigenvalue weighted by atomic mass is 10.1. The fourth-order valence-electron chi connectivity index (χ4n) is 2.96. The average Bonchev–Trinajstić information content (AvgIpc) is 3.04. The second-order valence-corrected chi connectivity index (χ2v) is 7.00. The SMILES string of the molecule is C[C@H](NC(=O)c1cccc(N2CCCC2=O)c1)c1cc(F)c(Cl)cc1Cl. The van der Waals surface area contributed by atoms with Gasteiger partial charge >= 0.3 is 0 Å². The van der Waals surface area contributed by atoms with Gasteiger partial charge in [-0.2, -0.15) is 0 Å². The van der Waals surface area contributed by atoms with Gasteiger partial charge in [-0.3, -0.25) is 9.59 Å². The molecule has 0 radical (unpaired) electrons. The van der Waals surface area contributed by atoms with Crippen molar-refractivity contribution in [2.24, 2.45) is 0 Å². The number of anilines is 1. The van der Waals surface area contributed by atoms with Gasteiger partial charge in [0.15, 0.2) is 0 Å². The Kier molecular flexibility index (Phi) is 5.49. The van der Waals surface area contributed by atoms with Crippen molar-refractivity contribution in [1.82, 2.24) is 5.32 Å². The topological polar surface area (TPSA) is 49.4 Å². The standard InChI is InChI=1S/C19H17Cl2FN2O2/c1-11(14-9-17(22)16(21)10-15(14)20)23-19(26)12-4-2-5-13(8-12)24-7-3-6-18(24)25/h2,4-5,8-11H,3,6-7H2,1H3,(H,23,26)/t11-/m0/s1. The van der Waals surface area contributed by atoms with Crippen molar-refractivity contribution in [2.45, 2.75) is 25.8 Å². The Morgan fingerprint density at radius 1 is 1.23 bits per heavy atom. The Hall–Kier alpha value is -2.11. The predicted molar refractivity (Wildman–Crippen MR) is 100 cm³/mol. The highest BCUT2D eigenvalue weighted by atomic mass is 35.5. The van der Waals surface area contributed by atoms with Crippen molar-refractivity contribution in [2.75, 3.05) is 11.4 Å². The number of carbonyl (C=O) groups is 2. The normalized spacial score (nSPS) is 15.2. The van der Waals surface area contributed by atoms with Gasteiger partial charge in [0.05, 0.1) is 11.1 Å². The molecule has 0 aliphatic carbocycles. The predicted octanol–water partition coefficient (Wildman–Crippen LogP) is 4.75. The van der Waals surface area contributed by atoms with Crippen LogP contribution in [0.3, 0.4) is 0 Å². The number of amides is 2. The summed E-state index contributed by atoms with van der Waals surface area (Å²) in [5.41, 5.74) is 1.55. The zero-order chi connectivity index (χ0) is 18.8. The van der Waals surface area contributed by atoms with Gasteiger partial charge in [-0.25, -0.2) is 4.39 Å². The molecule has 0 saturated carbocycles. The van der Waals surface area contributed by atoms with Crippen LogP contribution in [-0.2, 0) is 4.79 Å². The van der Waals surface area contributed by atoms with E-state index in [9.17, 15) is 14.0 Å². The molecule has 0 bridgehead atoms. The maximum absolute atomic E-state index is 13.7. The minimum Gasteiger partial charge on any atom is -0.345 e. The van der Waals surface area contributed by atoms with Crippen LogP contribution in [0.25, 0.3) is 0 Å². The van der Waals surface area contributed by atoms with E-state index >= 15 is 0 Å². The van der Waals surface area contributed by atoms with Crippen LogP contribution >= 0.6 is 23.2 Å². The van der Waals surface area contributed by atoms with Crippen molar-refractivity contribution >= 4 is 40.7 Å². The Balaban J connectivity index is 1.78. The van der Waals surface area contributed by atoms with Crippen LogP contribution in [0.5, 0.6) is 0 Å². The van der Waals surface area contributed by atoms with E-state index in [0.29, 0.717) is 29.8 Å². The lowest BCUT2D eigenvalue weighted by Crippen LogP contribution is -2.28. The first kappa shape index (κ1) is 18.7. The van der Waals surface area contributed by atoms with Crippen LogP contribution in [0, 0.1) is 5.82 Å². The highest BCUT2D eigenvalue weighted by Crippen LogP contribution is 2.29. The average molecular weight is 395 g/mol. The van der Waals surface area contributed by atoms with Gasteiger partial charge < -0.3 is 10.2 Å². The maximum Gasteiger partial charge on any atom is 0.251 e. The van der Waals surface area contributed by atoms with Crippen molar-refractivity contribution in [3.8, 4) is 0 Å². The molecule has 1 aliphatic rings. The van der Waals surface area contributed by atoms with E-state index in [1.54, 1.807) is 36.1 Å². The summed E-state index contributed by atoms with van der Waals surface area (Å²) in [4.78, 5) is 26.1. The largest absolute Gasteiger partial charge is 0.345 e. The third-order valence-corrected chi connectivity index (χ3v) is 4.96. The van der Waals surface area contributed by atoms with E-state index in [0.717, 1.165) is 6.42 Å². The molecule has 0 unspecified atom stereocenters. The van der Waals surface area contributed by atoms with Crippen LogP contribution in [0.4, 0.5) is 10.1 Å². The second kappa shape index (κ2) is 7.64. The Morgan fingerprint density at radius 3 is 2.69 bits per heavy atom. The summed E-state index contributed by atoms with van der Waals surface area (Å²) in [6.07, 6.45) is 1.33. The maximum atomic E-state index is 13.7. The number of nitrogens with zero attached hydrogens (tertiary/aromatic N) is 1. The zero-order valence-corrected chi connectivity index (χ0v) is 15.6. The van der Waals surface area contributed by atoms with Crippen LogP contribution in [0.1, 0.15) is 41.7 Å². The Labute approximate surface area is 160 Å². The van der Waals surface area contributed by atoms with Crippen LogP contribution in [-0.4, -0.2) is 18.4 Å². The molecule has 1 N–H and O–H groups in total. The first-order chi connectivity index (χ1) is 12.4. The molecule has 7 heteroatoms. The van der Waals surface area contributed by atoms with Gasteiger partial charge in [0.1, 0.15) is 5.82 Å². The number of hydrogen-bond acceptors (Lipinski definition) is 2. The zero-order valence-electron chi connectivity index (χ0n) is 14.1. The molecule has 1 saturated heterocycles. The molecule has 1 aliphatic heterocycles. The molecule has 2 amide bonds. The van der Waals surface area contributed by atoms with Gasteiger partial charge in [0.2, 0.25) is 5.91 Å². The number of nitrogens with one attached hydrogen (secondary N) is 1. The van der Waals surface area contributed by atoms with Crippen LogP contribution in [0.15, 0.2) is 36.4 Å². The number of carbonyl (C=O) groups excluding carboxylic acids is 2. The van der Waals surface area contributed by atoms with Gasteiger partial charge in [0, 0.05) is 29.2 Å². The lowest BCUT2D eigenvalue weighted by molar-refractivity contribution is -0.117. The van der Waals surface area contributed by atoms with Crippen molar-refractivity contribution < 1.29 is 14.0 Å². The molecule has 26 heavy (non-hydrogen) atoms. The molecule has 0 spiro atoms. The molecule has 1 atom stereocenters. The number of hydrogen-bond donors (Lipinski definition) is 1.